The van der Waals surface area contributed by atoms with Gasteiger partial charge in [0.05, 0.1) is 18.5 Å². The third-order valence-corrected chi connectivity index (χ3v) is 3.67. The Morgan fingerprint density at radius 2 is 2.36 bits per heavy atom. The highest BCUT2D eigenvalue weighted by molar-refractivity contribution is 7.17. The van der Waals surface area contributed by atoms with E-state index in [0.29, 0.717) is 33.6 Å². The van der Waals surface area contributed by atoms with Crippen molar-refractivity contribution >= 4 is 28.6 Å². The number of amides is 1. The Kier molecular flexibility index (Phi) is 4.95. The van der Waals surface area contributed by atoms with E-state index in [2.05, 4.69) is 15.5 Å². The van der Waals surface area contributed by atoms with Gasteiger partial charge in [0.2, 0.25) is 0 Å². The first-order valence-electron chi connectivity index (χ1n) is 6.53. The first-order chi connectivity index (χ1) is 10.5. The maximum Gasteiger partial charge on any atom is 0.283 e. The molecule has 0 atom stereocenters. The highest BCUT2D eigenvalue weighted by atomic mass is 32.1. The number of nitrogens with two attached hydrogens (primary N) is 1. The van der Waals surface area contributed by atoms with E-state index in [9.17, 15) is 9.90 Å². The van der Waals surface area contributed by atoms with Gasteiger partial charge in [-0.15, -0.1) is 0 Å². The first kappa shape index (κ1) is 15.8. The summed E-state index contributed by atoms with van der Waals surface area (Å²) in [6, 6.07) is 4.79. The number of hydrogen-bond acceptors (Lipinski definition) is 7. The van der Waals surface area contributed by atoms with Crippen molar-refractivity contribution in [1.29, 1.82) is 0 Å². The summed E-state index contributed by atoms with van der Waals surface area (Å²) < 4.78 is 5.27. The molecule has 4 N–H and O–H groups in total. The third kappa shape index (κ3) is 3.73. The molecule has 1 aromatic carbocycles. The Balaban J connectivity index is 2.05. The number of aryl methyl sites for hydroxylation is 1. The van der Waals surface area contributed by atoms with Crippen molar-refractivity contribution in [1.82, 2.24) is 10.4 Å². The zero-order chi connectivity index (χ0) is 16.1. The zero-order valence-electron chi connectivity index (χ0n) is 12.2. The first-order valence-corrected chi connectivity index (χ1v) is 7.35. The molecule has 22 heavy (non-hydrogen) atoms. The number of thiazole rings is 1. The van der Waals surface area contributed by atoms with Crippen molar-refractivity contribution in [3.8, 4) is 11.5 Å². The average Bonchev–Trinajstić information content (AvgIpc) is 2.81. The lowest BCUT2D eigenvalue weighted by Crippen LogP contribution is -2.17. The normalized spacial score (nSPS) is 10.8. The quantitative estimate of drug-likeness (QED) is 0.576. The van der Waals surface area contributed by atoms with Crippen LogP contribution < -0.4 is 15.9 Å². The predicted molar refractivity (Wildman–Crippen MR) is 85.6 cm³/mol. The molecule has 0 radical (unpaired) electrons. The van der Waals surface area contributed by atoms with Crippen molar-refractivity contribution in [2.75, 3.05) is 12.3 Å². The molecule has 0 saturated carbocycles. The highest BCUT2D eigenvalue weighted by Crippen LogP contribution is 2.26. The van der Waals surface area contributed by atoms with E-state index in [-0.39, 0.29) is 11.7 Å². The summed E-state index contributed by atoms with van der Waals surface area (Å²) >= 11 is 1.11. The summed E-state index contributed by atoms with van der Waals surface area (Å²) in [5.41, 5.74) is 9.21. The fourth-order valence-corrected chi connectivity index (χ4v) is 2.45. The molecule has 0 fully saturated rings. The number of hydrogen-bond donors (Lipinski definition) is 3. The number of phenols is 1. The Morgan fingerprint density at radius 3 is 3.00 bits per heavy atom. The lowest BCUT2D eigenvalue weighted by atomic mass is 10.2. The van der Waals surface area contributed by atoms with Crippen LogP contribution >= 0.6 is 11.3 Å². The van der Waals surface area contributed by atoms with E-state index < -0.39 is 0 Å². The number of nitrogens with one attached hydrogen (secondary N) is 1. The van der Waals surface area contributed by atoms with Gasteiger partial charge < -0.3 is 15.6 Å². The van der Waals surface area contributed by atoms with Crippen LogP contribution in [0.3, 0.4) is 0 Å². The average molecular weight is 320 g/mol. The maximum atomic E-state index is 11.9. The van der Waals surface area contributed by atoms with Crippen LogP contribution in [0.5, 0.6) is 11.5 Å². The number of aromatic nitrogens is 1. The van der Waals surface area contributed by atoms with Crippen molar-refractivity contribution in [3.05, 3.63) is 34.3 Å². The number of rotatable bonds is 5. The maximum absolute atomic E-state index is 11.9. The van der Waals surface area contributed by atoms with Crippen molar-refractivity contribution in [3.63, 3.8) is 0 Å². The van der Waals surface area contributed by atoms with Crippen LogP contribution in [0.15, 0.2) is 23.3 Å². The largest absolute Gasteiger partial charge is 0.504 e. The minimum absolute atomic E-state index is 0.0544. The molecule has 1 aromatic heterocycles. The van der Waals surface area contributed by atoms with Gasteiger partial charge in [0, 0.05) is 0 Å². The lowest BCUT2D eigenvalue weighted by molar-refractivity contribution is 0.0958. The summed E-state index contributed by atoms with van der Waals surface area (Å²) in [6.07, 6.45) is 1.46. The van der Waals surface area contributed by atoms with Crippen LogP contribution in [0.1, 0.15) is 27.9 Å². The number of hydrazone groups is 1. The molecule has 7 nitrogen and oxygen atoms in total. The van der Waals surface area contributed by atoms with E-state index in [1.54, 1.807) is 19.1 Å². The van der Waals surface area contributed by atoms with Gasteiger partial charge in [-0.3, -0.25) is 4.79 Å². The Bertz CT molecular complexity index is 712. The van der Waals surface area contributed by atoms with Crippen LogP contribution in [-0.4, -0.2) is 28.8 Å². The Hall–Kier alpha value is -2.61. The van der Waals surface area contributed by atoms with Crippen LogP contribution in [-0.2, 0) is 0 Å². The van der Waals surface area contributed by atoms with Crippen molar-refractivity contribution in [2.24, 2.45) is 5.10 Å². The molecule has 0 aliphatic rings. The van der Waals surface area contributed by atoms with Gasteiger partial charge in [0.15, 0.2) is 16.6 Å². The van der Waals surface area contributed by atoms with Gasteiger partial charge in [-0.2, -0.15) is 5.10 Å². The third-order valence-electron chi connectivity index (χ3n) is 2.68. The zero-order valence-corrected chi connectivity index (χ0v) is 13.0. The number of carbonyl (C=O) groups excluding carboxylic acids is 1. The summed E-state index contributed by atoms with van der Waals surface area (Å²) in [6.45, 7) is 3.97. The SMILES string of the molecule is CCOc1cc(/C=N/NC(=O)c2sc(N)nc2C)ccc1O. The second-order valence-corrected chi connectivity index (χ2v) is 5.36. The summed E-state index contributed by atoms with van der Waals surface area (Å²) in [5.74, 6) is 0.0504. The molecular formula is C14H16N4O3S. The second kappa shape index (κ2) is 6.90. The van der Waals surface area contributed by atoms with Gasteiger partial charge in [-0.05, 0) is 37.6 Å². The van der Waals surface area contributed by atoms with Gasteiger partial charge in [0.25, 0.3) is 5.91 Å². The van der Waals surface area contributed by atoms with Gasteiger partial charge in [-0.25, -0.2) is 10.4 Å². The molecular weight excluding hydrogens is 304 g/mol. The monoisotopic (exact) mass is 320 g/mol. The number of benzene rings is 1. The van der Waals surface area contributed by atoms with Crippen LogP contribution in [0.25, 0.3) is 0 Å². The Morgan fingerprint density at radius 1 is 1.59 bits per heavy atom. The number of carbonyl (C=O) groups is 1. The van der Waals surface area contributed by atoms with Crippen molar-refractivity contribution < 1.29 is 14.6 Å². The molecule has 0 aliphatic carbocycles. The molecule has 1 amide bonds. The topological polar surface area (TPSA) is 110 Å². The van der Waals surface area contributed by atoms with Gasteiger partial charge >= 0.3 is 0 Å². The van der Waals surface area contributed by atoms with Crippen LogP contribution in [0.4, 0.5) is 5.13 Å². The summed E-state index contributed by atoms with van der Waals surface area (Å²) in [4.78, 5) is 16.3. The smallest absolute Gasteiger partial charge is 0.283 e. The molecule has 0 saturated heterocycles. The molecule has 8 heteroatoms. The predicted octanol–water partition coefficient (Wildman–Crippen LogP) is 1.90. The van der Waals surface area contributed by atoms with E-state index in [4.69, 9.17) is 10.5 Å². The lowest BCUT2D eigenvalue weighted by Gasteiger charge is -2.05. The second-order valence-electron chi connectivity index (χ2n) is 4.33. The molecule has 0 spiro atoms. The van der Waals surface area contributed by atoms with E-state index >= 15 is 0 Å². The van der Waals surface area contributed by atoms with Crippen molar-refractivity contribution in [2.45, 2.75) is 13.8 Å². The van der Waals surface area contributed by atoms with Gasteiger partial charge in [-0.1, -0.05) is 11.3 Å². The Labute approximate surface area is 131 Å². The van der Waals surface area contributed by atoms with E-state index in [1.165, 1.54) is 12.3 Å². The molecule has 0 bridgehead atoms. The van der Waals surface area contributed by atoms with Gasteiger partial charge in [0.1, 0.15) is 4.88 Å². The number of nitrogen functional groups attached to an aromatic ring is 1. The molecule has 2 rings (SSSR count). The van der Waals surface area contributed by atoms with E-state index in [1.807, 2.05) is 6.92 Å². The number of nitrogens with zero attached hydrogens (tertiary/aromatic N) is 2. The molecule has 0 aliphatic heterocycles. The number of anilines is 1. The summed E-state index contributed by atoms with van der Waals surface area (Å²) in [5, 5.41) is 13.8. The molecule has 2 aromatic rings. The number of ether oxygens (including phenoxy) is 1. The molecule has 116 valence electrons. The number of phenolic OH excluding ortho intramolecular Hbond substituents is 1. The fraction of sp³-hybridized carbons (Fsp3) is 0.214. The molecule has 1 heterocycles. The minimum Gasteiger partial charge on any atom is -0.504 e. The van der Waals surface area contributed by atoms with Crippen LogP contribution in [0, 0.1) is 6.92 Å². The minimum atomic E-state index is -0.369. The van der Waals surface area contributed by atoms with Crippen LogP contribution in [0.2, 0.25) is 0 Å². The fourth-order valence-electron chi connectivity index (χ4n) is 1.73. The summed E-state index contributed by atoms with van der Waals surface area (Å²) in [7, 11) is 0. The van der Waals surface area contributed by atoms with E-state index in [0.717, 1.165) is 11.3 Å². The number of aromatic hydroxyl groups is 1. The molecule has 0 unspecified atom stereocenters. The highest BCUT2D eigenvalue weighted by Gasteiger charge is 2.13. The standard InChI is InChI=1S/C14H16N4O3S/c1-3-21-11-6-9(4-5-10(11)19)7-16-18-13(20)12-8(2)17-14(15)22-12/h4-7,19H,3H2,1-2H3,(H2,15,17)(H,18,20)/b16-7+.